The molecule has 0 bridgehead atoms. The highest BCUT2D eigenvalue weighted by Gasteiger charge is 2.33. The number of nitrogens with two attached hydrogens (primary N) is 1. The maximum atomic E-state index is 13.5. The molecule has 0 saturated carbocycles. The number of fused-ring (bicyclic) bond motifs is 1. The first-order valence-corrected chi connectivity index (χ1v) is 9.99. The number of carbonyl (C=O) groups is 2. The summed E-state index contributed by atoms with van der Waals surface area (Å²) >= 11 is 0. The van der Waals surface area contributed by atoms with Crippen LogP contribution in [0.15, 0.2) is 36.7 Å². The van der Waals surface area contributed by atoms with Crippen LogP contribution in [0.3, 0.4) is 0 Å². The van der Waals surface area contributed by atoms with Crippen LogP contribution in [0.5, 0.6) is 0 Å². The van der Waals surface area contributed by atoms with Gasteiger partial charge in [-0.05, 0) is 43.7 Å². The minimum absolute atomic E-state index is 0.123. The molecule has 32 heavy (non-hydrogen) atoms. The first-order valence-electron chi connectivity index (χ1n) is 9.99. The summed E-state index contributed by atoms with van der Waals surface area (Å²) in [6.45, 7) is 4.31. The fraction of sp³-hybridized carbons (Fsp3) is 0.167. The number of aromatic nitrogens is 3. The maximum Gasteiger partial charge on any atom is 0.259 e. The van der Waals surface area contributed by atoms with E-state index < -0.39 is 0 Å². The monoisotopic (exact) mass is 426 g/mol. The van der Waals surface area contributed by atoms with Gasteiger partial charge in [-0.1, -0.05) is 12.0 Å². The minimum Gasteiger partial charge on any atom is -0.368 e. The molecular weight excluding hydrogens is 404 g/mol. The van der Waals surface area contributed by atoms with Gasteiger partial charge in [-0.25, -0.2) is 9.97 Å². The van der Waals surface area contributed by atoms with Gasteiger partial charge in [0.25, 0.3) is 11.8 Å². The van der Waals surface area contributed by atoms with E-state index in [0.29, 0.717) is 22.4 Å². The standard InChI is InChI=1S/C24H22N6O2/c1-4-7-26-22(31)17-5-6-18-19(10-20-14(2)8-15(3)29-20)23(32)30(21(18)9-17)13-16-11-27-24(25)28-12-16/h1,5-6,8-12,29H,7,13H2,2-3H3,(H,26,31)(H2,25,27,28)/b19-10-. The minimum atomic E-state index is -0.303. The van der Waals surface area contributed by atoms with Crippen molar-refractivity contribution >= 4 is 35.1 Å². The second kappa shape index (κ2) is 8.40. The Hall–Kier alpha value is -4.38. The maximum absolute atomic E-state index is 13.5. The van der Waals surface area contributed by atoms with Gasteiger partial charge in [0, 0.05) is 40.5 Å². The average Bonchev–Trinajstić information content (AvgIpc) is 3.23. The summed E-state index contributed by atoms with van der Waals surface area (Å²) in [4.78, 5) is 38.8. The Balaban J connectivity index is 1.78. The van der Waals surface area contributed by atoms with Gasteiger partial charge in [0.15, 0.2) is 0 Å². The molecule has 3 heterocycles. The molecular formula is C24H22N6O2. The molecule has 1 aromatic carbocycles. The Labute approximate surface area is 185 Å². The molecule has 0 atom stereocenters. The summed E-state index contributed by atoms with van der Waals surface area (Å²) in [5.74, 6) is 2.06. The van der Waals surface area contributed by atoms with E-state index in [9.17, 15) is 9.59 Å². The molecule has 0 aliphatic carbocycles. The van der Waals surface area contributed by atoms with Crippen molar-refractivity contribution in [2.75, 3.05) is 17.2 Å². The number of carbonyl (C=O) groups excluding carboxylic acids is 2. The number of rotatable bonds is 5. The second-order valence-electron chi connectivity index (χ2n) is 7.57. The van der Waals surface area contributed by atoms with E-state index in [4.69, 9.17) is 12.2 Å². The Kier molecular flexibility index (Phi) is 5.48. The predicted octanol–water partition coefficient (Wildman–Crippen LogP) is 2.45. The number of nitrogens with one attached hydrogen (secondary N) is 2. The predicted molar refractivity (Wildman–Crippen MR) is 123 cm³/mol. The van der Waals surface area contributed by atoms with Gasteiger partial charge in [-0.15, -0.1) is 6.42 Å². The number of nitrogen functional groups attached to an aromatic ring is 1. The van der Waals surface area contributed by atoms with Gasteiger partial charge < -0.3 is 20.9 Å². The molecule has 0 unspecified atom stereocenters. The molecule has 4 rings (SSSR count). The van der Waals surface area contributed by atoms with Crippen LogP contribution in [0.25, 0.3) is 11.6 Å². The number of aromatic amines is 1. The molecule has 3 aromatic rings. The van der Waals surface area contributed by atoms with E-state index >= 15 is 0 Å². The van der Waals surface area contributed by atoms with Gasteiger partial charge >= 0.3 is 0 Å². The number of benzene rings is 1. The lowest BCUT2D eigenvalue weighted by Gasteiger charge is -2.17. The van der Waals surface area contributed by atoms with Crippen LogP contribution >= 0.6 is 0 Å². The third-order valence-electron chi connectivity index (χ3n) is 5.21. The van der Waals surface area contributed by atoms with Gasteiger partial charge in [-0.2, -0.15) is 0 Å². The summed E-state index contributed by atoms with van der Waals surface area (Å²) in [7, 11) is 0. The Bertz CT molecular complexity index is 1280. The van der Waals surface area contributed by atoms with Crippen molar-refractivity contribution in [2.45, 2.75) is 20.4 Å². The highest BCUT2D eigenvalue weighted by Crippen LogP contribution is 2.39. The van der Waals surface area contributed by atoms with Crippen LogP contribution in [0.2, 0.25) is 0 Å². The summed E-state index contributed by atoms with van der Waals surface area (Å²) in [5, 5.41) is 2.65. The fourth-order valence-corrected chi connectivity index (χ4v) is 3.70. The molecule has 2 aromatic heterocycles. The smallest absolute Gasteiger partial charge is 0.259 e. The first-order chi connectivity index (χ1) is 15.4. The quantitative estimate of drug-likeness (QED) is 0.428. The van der Waals surface area contributed by atoms with Gasteiger partial charge in [-0.3, -0.25) is 9.59 Å². The van der Waals surface area contributed by atoms with Gasteiger partial charge in [0.05, 0.1) is 24.4 Å². The van der Waals surface area contributed by atoms with Crippen LogP contribution < -0.4 is 16.0 Å². The van der Waals surface area contributed by atoms with Crippen LogP contribution in [0.4, 0.5) is 11.6 Å². The number of nitrogens with zero attached hydrogens (tertiary/aromatic N) is 3. The number of amides is 2. The number of terminal acetylenes is 1. The van der Waals surface area contributed by atoms with Crippen molar-refractivity contribution in [3.63, 3.8) is 0 Å². The molecule has 8 nitrogen and oxygen atoms in total. The summed E-state index contributed by atoms with van der Waals surface area (Å²) in [5.41, 5.74) is 11.5. The summed E-state index contributed by atoms with van der Waals surface area (Å²) < 4.78 is 0. The van der Waals surface area contributed by atoms with Crippen LogP contribution in [0.1, 0.15) is 38.4 Å². The molecule has 4 N–H and O–H groups in total. The Morgan fingerprint density at radius 3 is 2.69 bits per heavy atom. The van der Waals surface area contributed by atoms with E-state index in [2.05, 4.69) is 26.2 Å². The molecule has 1 aliphatic heterocycles. The number of hydrogen-bond donors (Lipinski definition) is 3. The van der Waals surface area contributed by atoms with E-state index in [1.807, 2.05) is 26.0 Å². The lowest BCUT2D eigenvalue weighted by molar-refractivity contribution is -0.113. The molecule has 2 amide bonds. The lowest BCUT2D eigenvalue weighted by Crippen LogP contribution is -2.27. The number of anilines is 2. The molecule has 0 saturated heterocycles. The molecule has 8 heteroatoms. The zero-order valence-corrected chi connectivity index (χ0v) is 17.8. The highest BCUT2D eigenvalue weighted by atomic mass is 16.2. The lowest BCUT2D eigenvalue weighted by atomic mass is 10.0. The van der Waals surface area contributed by atoms with Crippen molar-refractivity contribution in [3.8, 4) is 12.3 Å². The highest BCUT2D eigenvalue weighted by molar-refractivity contribution is 6.36. The van der Waals surface area contributed by atoms with E-state index in [-0.39, 0.29) is 30.9 Å². The van der Waals surface area contributed by atoms with Crippen molar-refractivity contribution in [2.24, 2.45) is 0 Å². The van der Waals surface area contributed by atoms with Gasteiger partial charge in [0.1, 0.15) is 0 Å². The topological polar surface area (TPSA) is 117 Å². The average molecular weight is 426 g/mol. The van der Waals surface area contributed by atoms with E-state index in [1.165, 1.54) is 0 Å². The van der Waals surface area contributed by atoms with E-state index in [1.54, 1.807) is 35.5 Å². The van der Waals surface area contributed by atoms with Crippen molar-refractivity contribution in [1.82, 2.24) is 20.3 Å². The fourth-order valence-electron chi connectivity index (χ4n) is 3.70. The largest absolute Gasteiger partial charge is 0.368 e. The molecule has 0 spiro atoms. The molecule has 0 fully saturated rings. The molecule has 1 aliphatic rings. The van der Waals surface area contributed by atoms with Gasteiger partial charge in [0.2, 0.25) is 5.95 Å². The van der Waals surface area contributed by atoms with Crippen molar-refractivity contribution < 1.29 is 9.59 Å². The Morgan fingerprint density at radius 1 is 1.28 bits per heavy atom. The van der Waals surface area contributed by atoms with E-state index in [0.717, 1.165) is 22.5 Å². The van der Waals surface area contributed by atoms with Crippen LogP contribution in [0, 0.1) is 26.2 Å². The normalized spacial score (nSPS) is 13.8. The summed E-state index contributed by atoms with van der Waals surface area (Å²) in [6.07, 6.45) is 10.3. The summed E-state index contributed by atoms with van der Waals surface area (Å²) in [6, 6.07) is 7.20. The third-order valence-corrected chi connectivity index (χ3v) is 5.21. The zero-order chi connectivity index (χ0) is 22.8. The molecule has 0 radical (unpaired) electrons. The SMILES string of the molecule is C#CCNC(=O)c1ccc2c(c1)N(Cc1cnc(N)nc1)C(=O)/C2=C\c1[nH]c(C)cc1C. The molecule has 160 valence electrons. The van der Waals surface area contributed by atoms with Crippen LogP contribution in [-0.2, 0) is 11.3 Å². The van der Waals surface area contributed by atoms with Crippen LogP contribution in [-0.4, -0.2) is 33.3 Å². The van der Waals surface area contributed by atoms with Crippen molar-refractivity contribution in [1.29, 1.82) is 0 Å². The number of H-pyrrole nitrogens is 1. The first kappa shape index (κ1) is 20.9. The zero-order valence-electron chi connectivity index (χ0n) is 17.8. The van der Waals surface area contributed by atoms with Crippen molar-refractivity contribution in [3.05, 3.63) is 70.3 Å². The number of aryl methyl sites for hydroxylation is 2. The third kappa shape index (κ3) is 3.96. The number of hydrogen-bond acceptors (Lipinski definition) is 5. The second-order valence-corrected chi connectivity index (χ2v) is 7.57. The Morgan fingerprint density at radius 2 is 2.03 bits per heavy atom.